The third-order valence-electron chi connectivity index (χ3n) is 3.84. The highest BCUT2D eigenvalue weighted by atomic mass is 32.2. The Balaban J connectivity index is 1.84. The minimum atomic E-state index is -0.586. The first kappa shape index (κ1) is 16.5. The molecule has 0 amide bonds. The van der Waals surface area contributed by atoms with Crippen LogP contribution in [-0.2, 0) is 10.8 Å². The van der Waals surface area contributed by atoms with Gasteiger partial charge in [-0.1, -0.05) is 26.0 Å². The molecule has 0 aromatic heterocycles. The Hall–Kier alpha value is -0.870. The second-order valence-electron chi connectivity index (χ2n) is 6.28. The minimum Gasteiger partial charge on any atom is -0.493 e. The summed E-state index contributed by atoms with van der Waals surface area (Å²) in [5.74, 6) is 3.16. The zero-order chi connectivity index (χ0) is 15.2. The predicted octanol–water partition coefficient (Wildman–Crippen LogP) is 3.28. The van der Waals surface area contributed by atoms with Crippen molar-refractivity contribution in [2.75, 3.05) is 18.1 Å². The van der Waals surface area contributed by atoms with Gasteiger partial charge >= 0.3 is 0 Å². The van der Waals surface area contributed by atoms with Gasteiger partial charge in [0, 0.05) is 34.4 Å². The van der Waals surface area contributed by atoms with Crippen molar-refractivity contribution >= 4 is 10.8 Å². The highest BCUT2D eigenvalue weighted by Crippen LogP contribution is 2.20. The Labute approximate surface area is 130 Å². The SMILES string of the molecule is CC(C)COc1ccc(C(C)NC2CCS(=O)CC2)cc1. The maximum atomic E-state index is 11.4. The maximum Gasteiger partial charge on any atom is 0.119 e. The summed E-state index contributed by atoms with van der Waals surface area (Å²) >= 11 is 0. The van der Waals surface area contributed by atoms with Gasteiger partial charge in [0.15, 0.2) is 0 Å². The van der Waals surface area contributed by atoms with Gasteiger partial charge < -0.3 is 10.1 Å². The van der Waals surface area contributed by atoms with Gasteiger partial charge in [-0.05, 0) is 43.4 Å². The Morgan fingerprint density at radius 3 is 2.38 bits per heavy atom. The molecule has 0 spiro atoms. The zero-order valence-electron chi connectivity index (χ0n) is 13.3. The number of benzene rings is 1. The van der Waals surface area contributed by atoms with E-state index in [1.54, 1.807) is 0 Å². The molecular formula is C17H27NO2S. The molecule has 0 radical (unpaired) electrons. The monoisotopic (exact) mass is 309 g/mol. The highest BCUT2D eigenvalue weighted by Gasteiger charge is 2.19. The van der Waals surface area contributed by atoms with Gasteiger partial charge in [0.25, 0.3) is 0 Å². The summed E-state index contributed by atoms with van der Waals surface area (Å²) in [7, 11) is -0.586. The van der Waals surface area contributed by atoms with Crippen LogP contribution in [0.4, 0.5) is 0 Å². The molecule has 1 saturated heterocycles. The lowest BCUT2D eigenvalue weighted by atomic mass is 10.1. The van der Waals surface area contributed by atoms with Crippen LogP contribution in [0.25, 0.3) is 0 Å². The van der Waals surface area contributed by atoms with E-state index in [4.69, 9.17) is 4.74 Å². The van der Waals surface area contributed by atoms with Gasteiger partial charge in [-0.15, -0.1) is 0 Å². The average molecular weight is 309 g/mol. The van der Waals surface area contributed by atoms with Crippen LogP contribution in [0.2, 0.25) is 0 Å². The summed E-state index contributed by atoms with van der Waals surface area (Å²) in [6.07, 6.45) is 2.04. The summed E-state index contributed by atoms with van der Waals surface area (Å²) in [5.41, 5.74) is 1.28. The van der Waals surface area contributed by atoms with Crippen molar-refractivity contribution in [3.63, 3.8) is 0 Å². The van der Waals surface area contributed by atoms with E-state index in [0.29, 0.717) is 18.0 Å². The molecule has 1 aromatic carbocycles. The molecule has 1 aromatic rings. The number of hydrogen-bond acceptors (Lipinski definition) is 3. The molecule has 1 N–H and O–H groups in total. The van der Waals surface area contributed by atoms with Crippen LogP contribution >= 0.6 is 0 Å². The van der Waals surface area contributed by atoms with Crippen LogP contribution in [-0.4, -0.2) is 28.4 Å². The van der Waals surface area contributed by atoms with E-state index >= 15 is 0 Å². The summed E-state index contributed by atoms with van der Waals surface area (Å²) in [5, 5.41) is 3.65. The zero-order valence-corrected chi connectivity index (χ0v) is 14.1. The van der Waals surface area contributed by atoms with Gasteiger partial charge in [-0.3, -0.25) is 4.21 Å². The van der Waals surface area contributed by atoms with E-state index < -0.39 is 10.8 Å². The second kappa shape index (κ2) is 7.95. The van der Waals surface area contributed by atoms with E-state index in [1.807, 2.05) is 12.1 Å². The standard InChI is InChI=1S/C17H27NO2S/c1-13(2)12-20-17-6-4-15(5-7-17)14(3)18-16-8-10-21(19)11-9-16/h4-7,13-14,16,18H,8-12H2,1-3H3. The van der Waals surface area contributed by atoms with E-state index in [-0.39, 0.29) is 0 Å². The molecule has 1 fully saturated rings. The molecule has 0 bridgehead atoms. The quantitative estimate of drug-likeness (QED) is 0.876. The molecule has 1 heterocycles. The average Bonchev–Trinajstić information content (AvgIpc) is 2.48. The van der Waals surface area contributed by atoms with Gasteiger partial charge in [-0.25, -0.2) is 0 Å². The molecule has 1 aliphatic heterocycles. The molecule has 0 saturated carbocycles. The third-order valence-corrected chi connectivity index (χ3v) is 5.22. The Bertz CT molecular complexity index is 448. The molecule has 1 unspecified atom stereocenters. The third kappa shape index (κ3) is 5.44. The smallest absolute Gasteiger partial charge is 0.119 e. The van der Waals surface area contributed by atoms with Crippen molar-refractivity contribution in [2.24, 2.45) is 5.92 Å². The molecule has 4 heteroatoms. The van der Waals surface area contributed by atoms with Gasteiger partial charge in [-0.2, -0.15) is 0 Å². The first-order chi connectivity index (χ1) is 10.0. The number of hydrogen-bond donors (Lipinski definition) is 1. The second-order valence-corrected chi connectivity index (χ2v) is 7.98. The van der Waals surface area contributed by atoms with Crippen LogP contribution in [0.1, 0.15) is 45.2 Å². The minimum absolute atomic E-state index is 0.320. The molecule has 118 valence electrons. The first-order valence-corrected chi connectivity index (χ1v) is 9.37. The summed E-state index contributed by atoms with van der Waals surface area (Å²) in [6.45, 7) is 7.25. The molecular weight excluding hydrogens is 282 g/mol. The molecule has 1 atom stereocenters. The van der Waals surface area contributed by atoms with Crippen LogP contribution < -0.4 is 10.1 Å². The van der Waals surface area contributed by atoms with E-state index in [2.05, 4.69) is 38.2 Å². The van der Waals surface area contributed by atoms with Crippen molar-refractivity contribution < 1.29 is 8.95 Å². The topological polar surface area (TPSA) is 38.3 Å². The van der Waals surface area contributed by atoms with Crippen molar-refractivity contribution in [3.8, 4) is 5.75 Å². The van der Waals surface area contributed by atoms with Crippen LogP contribution in [0.5, 0.6) is 5.75 Å². The van der Waals surface area contributed by atoms with Crippen LogP contribution in [0.3, 0.4) is 0 Å². The van der Waals surface area contributed by atoms with E-state index in [9.17, 15) is 4.21 Å². The maximum absolute atomic E-state index is 11.4. The number of rotatable bonds is 6. The van der Waals surface area contributed by atoms with Crippen molar-refractivity contribution in [2.45, 2.75) is 45.7 Å². The van der Waals surface area contributed by atoms with Crippen molar-refractivity contribution in [1.82, 2.24) is 5.32 Å². The summed E-state index contributed by atoms with van der Waals surface area (Å²) in [6, 6.07) is 9.18. The highest BCUT2D eigenvalue weighted by molar-refractivity contribution is 7.85. The Kier molecular flexibility index (Phi) is 6.24. The van der Waals surface area contributed by atoms with Gasteiger partial charge in [0.2, 0.25) is 0 Å². The van der Waals surface area contributed by atoms with E-state index in [0.717, 1.165) is 36.7 Å². The largest absolute Gasteiger partial charge is 0.493 e. The number of ether oxygens (including phenoxy) is 1. The van der Waals surface area contributed by atoms with Gasteiger partial charge in [0.05, 0.1) is 6.61 Å². The number of nitrogens with one attached hydrogen (secondary N) is 1. The fraction of sp³-hybridized carbons (Fsp3) is 0.647. The Morgan fingerprint density at radius 1 is 1.19 bits per heavy atom. The molecule has 21 heavy (non-hydrogen) atoms. The summed E-state index contributed by atoms with van der Waals surface area (Å²) in [4.78, 5) is 0. The fourth-order valence-corrected chi connectivity index (χ4v) is 3.82. The fourth-order valence-electron chi connectivity index (χ4n) is 2.53. The normalized spacial score (nSPS) is 24.0. The van der Waals surface area contributed by atoms with Crippen LogP contribution in [0, 0.1) is 5.92 Å². The van der Waals surface area contributed by atoms with E-state index in [1.165, 1.54) is 5.56 Å². The first-order valence-electron chi connectivity index (χ1n) is 7.88. The summed E-state index contributed by atoms with van der Waals surface area (Å²) < 4.78 is 17.1. The van der Waals surface area contributed by atoms with Crippen LogP contribution in [0.15, 0.2) is 24.3 Å². The molecule has 1 aliphatic rings. The lowest BCUT2D eigenvalue weighted by molar-refractivity contribution is 0.271. The lowest BCUT2D eigenvalue weighted by Gasteiger charge is -2.26. The Morgan fingerprint density at radius 2 is 1.81 bits per heavy atom. The molecule has 2 rings (SSSR count). The predicted molar refractivity (Wildman–Crippen MR) is 89.2 cm³/mol. The van der Waals surface area contributed by atoms with Gasteiger partial charge in [0.1, 0.15) is 5.75 Å². The lowest BCUT2D eigenvalue weighted by Crippen LogP contribution is -2.37. The van der Waals surface area contributed by atoms with Crippen molar-refractivity contribution in [3.05, 3.63) is 29.8 Å². The molecule has 3 nitrogen and oxygen atoms in total. The molecule has 0 aliphatic carbocycles. The van der Waals surface area contributed by atoms with Crippen molar-refractivity contribution in [1.29, 1.82) is 0 Å².